The highest BCUT2D eigenvalue weighted by Crippen LogP contribution is 2.38. The summed E-state index contributed by atoms with van der Waals surface area (Å²) in [5.74, 6) is -0.172. The molecule has 0 saturated heterocycles. The molecular formula is C50H101N2O6P. The number of amides is 1. The van der Waals surface area contributed by atoms with Crippen LogP contribution in [0.3, 0.4) is 0 Å². The highest BCUT2D eigenvalue weighted by Gasteiger charge is 2.24. The third kappa shape index (κ3) is 45.1. The number of phosphoric acid groups is 1. The molecule has 8 nitrogen and oxygen atoms in total. The van der Waals surface area contributed by atoms with E-state index in [0.717, 1.165) is 51.4 Å². The minimum absolute atomic E-state index is 0.0126. The van der Waals surface area contributed by atoms with E-state index in [4.69, 9.17) is 9.05 Å². The molecule has 59 heavy (non-hydrogen) atoms. The lowest BCUT2D eigenvalue weighted by Crippen LogP contribution is -2.46. The zero-order valence-electron chi connectivity index (χ0n) is 40.0. The third-order valence-electron chi connectivity index (χ3n) is 11.8. The summed E-state index contributed by atoms with van der Waals surface area (Å²) in [6.07, 6.45) is 49.5. The Morgan fingerprint density at radius 3 is 1.36 bits per heavy atom. The maximum Gasteiger partial charge on any atom is 0.268 e. The van der Waals surface area contributed by atoms with Crippen LogP contribution in [-0.4, -0.2) is 68.5 Å². The first-order chi connectivity index (χ1) is 28.5. The number of unbranched alkanes of at least 4 members (excludes halogenated alkanes) is 32. The fourth-order valence-corrected chi connectivity index (χ4v) is 8.41. The first-order valence-corrected chi connectivity index (χ1v) is 27.0. The number of hydrogen-bond donors (Lipinski definition) is 2. The standard InChI is InChI=1S/C50H101N2O6P/c1-6-8-10-12-14-16-18-20-21-22-23-24-25-26-27-28-29-30-31-32-33-35-37-39-41-43-49(53)48(47-58-59(55,56)57-46-45-52(3,4)5)51-50(54)44-42-40-38-36-34-19-17-15-13-11-9-7-2/h15,17,48-49,53H,6-14,16,18-47H2,1-5H3,(H-,51,54,55,56)/b17-15-. The number of rotatable bonds is 47. The van der Waals surface area contributed by atoms with Gasteiger partial charge in [0.25, 0.3) is 7.82 Å². The number of nitrogens with one attached hydrogen (secondary N) is 1. The quantitative estimate of drug-likeness (QED) is 0.0273. The number of nitrogens with zero attached hydrogens (tertiary/aromatic N) is 1. The Balaban J connectivity index is 4.13. The summed E-state index contributed by atoms with van der Waals surface area (Å²) in [7, 11) is 1.31. The van der Waals surface area contributed by atoms with Crippen molar-refractivity contribution in [2.24, 2.45) is 0 Å². The lowest BCUT2D eigenvalue weighted by molar-refractivity contribution is -0.870. The molecule has 9 heteroatoms. The summed E-state index contributed by atoms with van der Waals surface area (Å²) < 4.78 is 23.3. The van der Waals surface area contributed by atoms with Gasteiger partial charge in [0.05, 0.1) is 39.9 Å². The number of aliphatic hydroxyl groups is 1. The van der Waals surface area contributed by atoms with Gasteiger partial charge in [-0.3, -0.25) is 9.36 Å². The second-order valence-corrected chi connectivity index (χ2v) is 20.3. The lowest BCUT2D eigenvalue weighted by atomic mass is 10.0. The topological polar surface area (TPSA) is 108 Å². The molecule has 0 radical (unpaired) electrons. The van der Waals surface area contributed by atoms with Gasteiger partial charge in [-0.05, 0) is 38.5 Å². The molecule has 0 aromatic heterocycles. The van der Waals surface area contributed by atoms with Crippen molar-refractivity contribution in [1.82, 2.24) is 5.32 Å². The first-order valence-electron chi connectivity index (χ1n) is 25.5. The normalized spacial score (nSPS) is 14.2. The van der Waals surface area contributed by atoms with Gasteiger partial charge < -0.3 is 28.8 Å². The molecule has 0 aliphatic heterocycles. The number of quaternary nitrogens is 1. The van der Waals surface area contributed by atoms with Gasteiger partial charge in [0.1, 0.15) is 13.2 Å². The van der Waals surface area contributed by atoms with E-state index < -0.39 is 20.0 Å². The number of allylic oxidation sites excluding steroid dienone is 2. The summed E-state index contributed by atoms with van der Waals surface area (Å²) in [6.45, 7) is 4.71. The Labute approximate surface area is 367 Å². The molecule has 1 amide bonds. The maximum absolute atomic E-state index is 12.9. The van der Waals surface area contributed by atoms with Gasteiger partial charge in [0, 0.05) is 6.42 Å². The third-order valence-corrected chi connectivity index (χ3v) is 12.7. The molecule has 2 N–H and O–H groups in total. The molecule has 0 aliphatic rings. The van der Waals surface area contributed by atoms with E-state index in [0.29, 0.717) is 23.9 Å². The Hall–Kier alpha value is -0.760. The Kier molecular flexibility index (Phi) is 42.0. The SMILES string of the molecule is CCCCC/C=C\CCCCCCCC(=O)NC(COP(=O)([O-])OCC[N+](C)(C)C)C(O)CCCCCCCCCCCCCCCCCCCCCCCCCCC. The average molecular weight is 857 g/mol. The van der Waals surface area contributed by atoms with Crippen LogP contribution >= 0.6 is 7.82 Å². The average Bonchev–Trinajstić information content (AvgIpc) is 3.19. The van der Waals surface area contributed by atoms with Crippen LogP contribution in [0.25, 0.3) is 0 Å². The van der Waals surface area contributed by atoms with E-state index >= 15 is 0 Å². The monoisotopic (exact) mass is 857 g/mol. The predicted octanol–water partition coefficient (Wildman–Crippen LogP) is 14.1. The maximum atomic E-state index is 12.9. The Morgan fingerprint density at radius 1 is 0.576 bits per heavy atom. The van der Waals surface area contributed by atoms with Crippen molar-refractivity contribution in [1.29, 1.82) is 0 Å². The van der Waals surface area contributed by atoms with Gasteiger partial charge in [-0.2, -0.15) is 0 Å². The van der Waals surface area contributed by atoms with Crippen molar-refractivity contribution in [3.8, 4) is 0 Å². The van der Waals surface area contributed by atoms with Gasteiger partial charge >= 0.3 is 0 Å². The molecular weight excluding hydrogens is 756 g/mol. The number of likely N-dealkylation sites (N-methyl/N-ethyl adjacent to an activating group) is 1. The predicted molar refractivity (Wildman–Crippen MR) is 252 cm³/mol. The lowest BCUT2D eigenvalue weighted by Gasteiger charge is -2.30. The molecule has 0 heterocycles. The van der Waals surface area contributed by atoms with Crippen LogP contribution in [-0.2, 0) is 18.4 Å². The highest BCUT2D eigenvalue weighted by molar-refractivity contribution is 7.45. The summed E-state index contributed by atoms with van der Waals surface area (Å²) in [6, 6.07) is -0.801. The number of carbonyl (C=O) groups is 1. The molecule has 0 saturated carbocycles. The summed E-state index contributed by atoms with van der Waals surface area (Å²) in [5.41, 5.74) is 0. The van der Waals surface area contributed by atoms with Crippen LogP contribution in [0.5, 0.6) is 0 Å². The fraction of sp³-hybridized carbons (Fsp3) is 0.940. The van der Waals surface area contributed by atoms with E-state index in [1.54, 1.807) is 0 Å². The van der Waals surface area contributed by atoms with Crippen molar-refractivity contribution in [3.05, 3.63) is 12.2 Å². The second kappa shape index (κ2) is 42.5. The smallest absolute Gasteiger partial charge is 0.268 e. The van der Waals surface area contributed by atoms with Crippen molar-refractivity contribution >= 4 is 13.7 Å². The molecule has 3 unspecified atom stereocenters. The molecule has 0 aromatic carbocycles. The minimum Gasteiger partial charge on any atom is -0.756 e. The molecule has 3 atom stereocenters. The fourth-order valence-electron chi connectivity index (χ4n) is 7.68. The molecule has 0 rings (SSSR count). The van der Waals surface area contributed by atoms with E-state index in [-0.39, 0.29) is 19.1 Å². The molecule has 0 spiro atoms. The van der Waals surface area contributed by atoms with Crippen LogP contribution < -0.4 is 10.2 Å². The summed E-state index contributed by atoms with van der Waals surface area (Å²) in [4.78, 5) is 25.4. The zero-order chi connectivity index (χ0) is 43.6. The number of hydrogen-bond acceptors (Lipinski definition) is 6. The molecule has 0 bridgehead atoms. The van der Waals surface area contributed by atoms with Crippen LogP contribution in [0.15, 0.2) is 12.2 Å². The molecule has 352 valence electrons. The second-order valence-electron chi connectivity index (χ2n) is 18.9. The van der Waals surface area contributed by atoms with E-state index in [2.05, 4.69) is 31.3 Å². The molecule has 0 aliphatic carbocycles. The van der Waals surface area contributed by atoms with Crippen molar-refractivity contribution < 1.29 is 32.9 Å². The van der Waals surface area contributed by atoms with Gasteiger partial charge in [-0.15, -0.1) is 0 Å². The molecule has 0 aromatic rings. The largest absolute Gasteiger partial charge is 0.756 e. The van der Waals surface area contributed by atoms with Crippen LogP contribution in [0.1, 0.15) is 251 Å². The van der Waals surface area contributed by atoms with Crippen molar-refractivity contribution in [3.63, 3.8) is 0 Å². The van der Waals surface area contributed by atoms with Crippen molar-refractivity contribution in [2.75, 3.05) is 40.9 Å². The minimum atomic E-state index is -4.56. The van der Waals surface area contributed by atoms with E-state index in [1.165, 1.54) is 173 Å². The van der Waals surface area contributed by atoms with Gasteiger partial charge in [-0.1, -0.05) is 219 Å². The van der Waals surface area contributed by atoms with Gasteiger partial charge in [0.2, 0.25) is 5.91 Å². The number of carbonyl (C=O) groups excluding carboxylic acids is 1. The number of aliphatic hydroxyl groups excluding tert-OH is 1. The van der Waals surface area contributed by atoms with Gasteiger partial charge in [0.15, 0.2) is 0 Å². The Bertz CT molecular complexity index is 974. The van der Waals surface area contributed by atoms with Crippen LogP contribution in [0.2, 0.25) is 0 Å². The van der Waals surface area contributed by atoms with Crippen LogP contribution in [0, 0.1) is 0 Å². The first kappa shape index (κ1) is 58.2. The Morgan fingerprint density at radius 2 is 0.932 bits per heavy atom. The van der Waals surface area contributed by atoms with Crippen molar-refractivity contribution in [2.45, 2.75) is 264 Å². The van der Waals surface area contributed by atoms with E-state index in [9.17, 15) is 19.4 Å². The van der Waals surface area contributed by atoms with Crippen LogP contribution in [0.4, 0.5) is 0 Å². The van der Waals surface area contributed by atoms with E-state index in [1.807, 2.05) is 21.1 Å². The zero-order valence-corrected chi connectivity index (χ0v) is 40.9. The summed E-state index contributed by atoms with van der Waals surface area (Å²) in [5, 5.41) is 13.9. The molecule has 0 fully saturated rings. The number of phosphoric ester groups is 1. The highest BCUT2D eigenvalue weighted by atomic mass is 31.2. The van der Waals surface area contributed by atoms with Gasteiger partial charge in [-0.25, -0.2) is 0 Å². The summed E-state index contributed by atoms with van der Waals surface area (Å²) >= 11 is 0.